The van der Waals surface area contributed by atoms with Gasteiger partial charge in [-0.3, -0.25) is 0 Å². The highest BCUT2D eigenvalue weighted by Gasteiger charge is 2.05. The van der Waals surface area contributed by atoms with Crippen molar-refractivity contribution in [3.05, 3.63) is 84.4 Å². The van der Waals surface area contributed by atoms with E-state index in [2.05, 4.69) is 85.8 Å². The monoisotopic (exact) mass is 262 g/mol. The molecular formula is C19H18O. The fourth-order valence-electron chi connectivity index (χ4n) is 2.34. The Bertz CT molecular complexity index is 670. The molecule has 100 valence electrons. The first-order valence-corrected chi connectivity index (χ1v) is 6.56. The Morgan fingerprint density at radius 1 is 0.500 bits per heavy atom. The topological polar surface area (TPSA) is 31.5 Å². The molecule has 0 heterocycles. The second kappa shape index (κ2) is 6.18. The molecule has 0 saturated carbocycles. The van der Waals surface area contributed by atoms with Crippen molar-refractivity contribution >= 4 is 0 Å². The first-order chi connectivity index (χ1) is 9.34. The van der Waals surface area contributed by atoms with E-state index < -0.39 is 0 Å². The maximum absolute atomic E-state index is 2.19. The molecule has 3 aromatic rings. The minimum absolute atomic E-state index is 0. The van der Waals surface area contributed by atoms with Crippen LogP contribution in [0.15, 0.2) is 78.9 Å². The highest BCUT2D eigenvalue weighted by Crippen LogP contribution is 2.31. The van der Waals surface area contributed by atoms with E-state index in [4.69, 9.17) is 0 Å². The lowest BCUT2D eigenvalue weighted by Gasteiger charge is -2.10. The zero-order chi connectivity index (χ0) is 13.1. The Hall–Kier alpha value is -2.38. The third-order valence-corrected chi connectivity index (χ3v) is 3.37. The molecule has 0 radical (unpaired) electrons. The molecular weight excluding hydrogens is 244 g/mol. The molecule has 3 aromatic carbocycles. The second-order valence-electron chi connectivity index (χ2n) is 4.78. The van der Waals surface area contributed by atoms with E-state index in [0.29, 0.717) is 0 Å². The summed E-state index contributed by atoms with van der Waals surface area (Å²) >= 11 is 0. The lowest BCUT2D eigenvalue weighted by Crippen LogP contribution is -1.84. The largest absolute Gasteiger partial charge is 0.412 e. The van der Waals surface area contributed by atoms with E-state index in [1.54, 1.807) is 0 Å². The van der Waals surface area contributed by atoms with Crippen molar-refractivity contribution in [2.75, 3.05) is 0 Å². The van der Waals surface area contributed by atoms with Crippen molar-refractivity contribution in [2.45, 2.75) is 6.92 Å². The Morgan fingerprint density at radius 2 is 0.950 bits per heavy atom. The summed E-state index contributed by atoms with van der Waals surface area (Å²) in [7, 11) is 0. The summed E-state index contributed by atoms with van der Waals surface area (Å²) in [6, 6.07) is 27.8. The molecule has 0 unspecified atom stereocenters. The first-order valence-electron chi connectivity index (χ1n) is 6.56. The molecule has 0 aromatic heterocycles. The van der Waals surface area contributed by atoms with Crippen molar-refractivity contribution in [3.63, 3.8) is 0 Å². The smallest absolute Gasteiger partial charge is 0.0105 e. The lowest BCUT2D eigenvalue weighted by molar-refractivity contribution is 0.824. The zero-order valence-corrected chi connectivity index (χ0v) is 11.5. The summed E-state index contributed by atoms with van der Waals surface area (Å²) in [4.78, 5) is 0. The average molecular weight is 262 g/mol. The van der Waals surface area contributed by atoms with Crippen molar-refractivity contribution in [1.82, 2.24) is 0 Å². The number of benzene rings is 3. The predicted molar refractivity (Wildman–Crippen MR) is 85.7 cm³/mol. The molecule has 0 aliphatic rings. The van der Waals surface area contributed by atoms with Crippen LogP contribution in [0, 0.1) is 6.92 Å². The van der Waals surface area contributed by atoms with Gasteiger partial charge in [0.05, 0.1) is 0 Å². The van der Waals surface area contributed by atoms with E-state index in [9.17, 15) is 0 Å². The van der Waals surface area contributed by atoms with Crippen LogP contribution in [0.4, 0.5) is 0 Å². The molecule has 3 rings (SSSR count). The molecule has 0 saturated heterocycles. The highest BCUT2D eigenvalue weighted by atomic mass is 16.0. The molecule has 0 fully saturated rings. The van der Waals surface area contributed by atoms with E-state index in [1.807, 2.05) is 0 Å². The van der Waals surface area contributed by atoms with E-state index in [0.717, 1.165) is 0 Å². The molecule has 0 bridgehead atoms. The maximum atomic E-state index is 2.19. The van der Waals surface area contributed by atoms with Crippen LogP contribution in [0.5, 0.6) is 0 Å². The molecule has 0 atom stereocenters. The van der Waals surface area contributed by atoms with Crippen molar-refractivity contribution in [3.8, 4) is 22.3 Å². The Labute approximate surface area is 119 Å². The number of hydrogen-bond donors (Lipinski definition) is 0. The van der Waals surface area contributed by atoms with Crippen LogP contribution in [0.3, 0.4) is 0 Å². The highest BCUT2D eigenvalue weighted by molar-refractivity contribution is 5.83. The summed E-state index contributed by atoms with van der Waals surface area (Å²) < 4.78 is 0. The summed E-state index contributed by atoms with van der Waals surface area (Å²) in [6.45, 7) is 2.12. The summed E-state index contributed by atoms with van der Waals surface area (Å²) in [5.74, 6) is 0. The quantitative estimate of drug-likeness (QED) is 0.651. The van der Waals surface area contributed by atoms with Crippen LogP contribution in [0.25, 0.3) is 22.3 Å². The Balaban J connectivity index is 0.00000147. The van der Waals surface area contributed by atoms with Gasteiger partial charge in [0.2, 0.25) is 0 Å². The van der Waals surface area contributed by atoms with E-state index in [1.165, 1.54) is 27.8 Å². The number of rotatable bonds is 2. The van der Waals surface area contributed by atoms with Gasteiger partial charge < -0.3 is 5.48 Å². The predicted octanol–water partition coefficient (Wildman–Crippen LogP) is 4.50. The van der Waals surface area contributed by atoms with Gasteiger partial charge in [-0.1, -0.05) is 84.4 Å². The van der Waals surface area contributed by atoms with Gasteiger partial charge in [-0.15, -0.1) is 0 Å². The van der Waals surface area contributed by atoms with E-state index in [-0.39, 0.29) is 5.48 Å². The molecule has 0 aliphatic heterocycles. The molecule has 20 heavy (non-hydrogen) atoms. The second-order valence-corrected chi connectivity index (χ2v) is 4.78. The summed E-state index contributed by atoms with van der Waals surface area (Å²) in [5.41, 5.74) is 6.39. The molecule has 0 amide bonds. The van der Waals surface area contributed by atoms with Gasteiger partial charge in [0.25, 0.3) is 0 Å². The summed E-state index contributed by atoms with van der Waals surface area (Å²) in [5, 5.41) is 0. The van der Waals surface area contributed by atoms with Crippen molar-refractivity contribution < 1.29 is 5.48 Å². The van der Waals surface area contributed by atoms with Crippen LogP contribution in [-0.2, 0) is 0 Å². The SMILES string of the molecule is Cc1ccc(-c2ccccc2-c2ccccc2)cc1.O. The van der Waals surface area contributed by atoms with Gasteiger partial charge in [-0.05, 0) is 29.2 Å². The maximum Gasteiger partial charge on any atom is -0.0105 e. The van der Waals surface area contributed by atoms with Crippen LogP contribution in [0.2, 0.25) is 0 Å². The Kier molecular flexibility index (Phi) is 4.34. The normalized spacial score (nSPS) is 9.85. The standard InChI is InChI=1S/C19H16.H2O/c1-15-11-13-17(14-12-15)19-10-6-5-9-18(19)16-7-3-2-4-8-16;/h2-14H,1H3;1H2. The van der Waals surface area contributed by atoms with Crippen molar-refractivity contribution in [2.24, 2.45) is 0 Å². The fraction of sp³-hybridized carbons (Fsp3) is 0.0526. The fourth-order valence-corrected chi connectivity index (χ4v) is 2.34. The van der Waals surface area contributed by atoms with Gasteiger partial charge in [0.15, 0.2) is 0 Å². The number of aryl methyl sites for hydroxylation is 1. The minimum atomic E-state index is 0. The molecule has 0 aliphatic carbocycles. The summed E-state index contributed by atoms with van der Waals surface area (Å²) in [6.07, 6.45) is 0. The molecule has 2 N–H and O–H groups in total. The average Bonchev–Trinajstić information content (AvgIpc) is 2.49. The third kappa shape index (κ3) is 2.79. The lowest BCUT2D eigenvalue weighted by atomic mass is 9.94. The van der Waals surface area contributed by atoms with Gasteiger partial charge in [0.1, 0.15) is 0 Å². The van der Waals surface area contributed by atoms with Crippen LogP contribution < -0.4 is 0 Å². The van der Waals surface area contributed by atoms with Gasteiger partial charge in [-0.2, -0.15) is 0 Å². The Morgan fingerprint density at radius 3 is 1.50 bits per heavy atom. The minimum Gasteiger partial charge on any atom is -0.412 e. The van der Waals surface area contributed by atoms with Gasteiger partial charge >= 0.3 is 0 Å². The van der Waals surface area contributed by atoms with Gasteiger partial charge in [-0.25, -0.2) is 0 Å². The molecule has 1 nitrogen and oxygen atoms in total. The molecule has 0 spiro atoms. The van der Waals surface area contributed by atoms with E-state index >= 15 is 0 Å². The van der Waals surface area contributed by atoms with Crippen molar-refractivity contribution in [1.29, 1.82) is 0 Å². The van der Waals surface area contributed by atoms with Crippen LogP contribution in [-0.4, -0.2) is 5.48 Å². The van der Waals surface area contributed by atoms with Crippen LogP contribution in [0.1, 0.15) is 5.56 Å². The zero-order valence-electron chi connectivity index (χ0n) is 11.5. The third-order valence-electron chi connectivity index (χ3n) is 3.37. The van der Waals surface area contributed by atoms with Gasteiger partial charge in [0, 0.05) is 0 Å². The first kappa shape index (κ1) is 14.0. The molecule has 1 heteroatoms. The number of hydrogen-bond acceptors (Lipinski definition) is 0. The van der Waals surface area contributed by atoms with Crippen LogP contribution >= 0.6 is 0 Å².